The first kappa shape index (κ1) is 27.9. The lowest BCUT2D eigenvalue weighted by molar-refractivity contribution is -0.204. The smallest absolute Gasteiger partial charge is 0.438 e. The Kier molecular flexibility index (Phi) is 8.49. The molecule has 1 heterocycles. The second-order valence-electron chi connectivity index (χ2n) is 13.8. The molecule has 1 aliphatic heterocycles. The lowest BCUT2D eigenvalue weighted by atomic mass is 9.53. The molecule has 0 bridgehead atoms. The largest absolute Gasteiger partial charge is 0.508 e. The Labute approximate surface area is 219 Å². The normalized spacial score (nSPS) is 44.7. The summed E-state index contributed by atoms with van der Waals surface area (Å²) in [6.07, 6.45) is 11.4. The Bertz CT molecular complexity index is 794. The maximum absolute atomic E-state index is 14.2. The van der Waals surface area contributed by atoms with E-state index in [0.717, 1.165) is 24.7 Å². The fourth-order valence-electron chi connectivity index (χ4n) is 8.86. The van der Waals surface area contributed by atoms with E-state index < -0.39 is 6.16 Å². The van der Waals surface area contributed by atoms with Crippen molar-refractivity contribution in [1.29, 1.82) is 0 Å². The predicted octanol–water partition coefficient (Wildman–Crippen LogP) is 7.60. The van der Waals surface area contributed by atoms with Gasteiger partial charge in [-0.15, -0.1) is 0 Å². The molecule has 0 aromatic rings. The molecule has 10 atom stereocenters. The molecule has 0 aromatic carbocycles. The highest BCUT2D eigenvalue weighted by Gasteiger charge is 2.60. The van der Waals surface area contributed by atoms with Crippen LogP contribution in [0.5, 0.6) is 0 Å². The molecule has 4 fully saturated rings. The Hall–Kier alpha value is -1.10. The quantitative estimate of drug-likeness (QED) is 0.264. The zero-order chi connectivity index (χ0) is 26.3. The summed E-state index contributed by atoms with van der Waals surface area (Å²) >= 11 is 0. The lowest BCUT2D eigenvalue weighted by Gasteiger charge is -2.56. The van der Waals surface area contributed by atoms with Crippen LogP contribution >= 0.6 is 0 Å². The number of hydrogen-bond donors (Lipinski definition) is 0. The molecule has 0 radical (unpaired) electrons. The first-order valence-corrected chi connectivity index (χ1v) is 14.9. The molecule has 4 rings (SSSR count). The van der Waals surface area contributed by atoms with Crippen molar-refractivity contribution in [2.24, 2.45) is 46.3 Å². The van der Waals surface area contributed by atoms with Crippen LogP contribution in [0.1, 0.15) is 112 Å². The Balaban J connectivity index is 1.50. The van der Waals surface area contributed by atoms with Gasteiger partial charge in [0.05, 0.1) is 13.2 Å². The van der Waals surface area contributed by atoms with Crippen molar-refractivity contribution in [3.8, 4) is 0 Å². The molecule has 3 saturated carbocycles. The van der Waals surface area contributed by atoms with Crippen molar-refractivity contribution in [2.75, 3.05) is 7.11 Å². The highest BCUT2D eigenvalue weighted by atomic mass is 16.7. The molecule has 0 N–H and O–H groups in total. The van der Waals surface area contributed by atoms with E-state index in [9.17, 15) is 9.59 Å². The highest BCUT2D eigenvalue weighted by Crippen LogP contribution is 2.62. The van der Waals surface area contributed by atoms with E-state index in [2.05, 4.69) is 41.5 Å². The molecule has 1 saturated heterocycles. The fraction of sp³-hybridized carbons (Fsp3) is 0.935. The van der Waals surface area contributed by atoms with E-state index in [1.165, 1.54) is 58.5 Å². The van der Waals surface area contributed by atoms with Crippen molar-refractivity contribution in [1.82, 2.24) is 0 Å². The first-order chi connectivity index (χ1) is 17.0. The van der Waals surface area contributed by atoms with Gasteiger partial charge in [0.2, 0.25) is 0 Å². The summed E-state index contributed by atoms with van der Waals surface area (Å²) in [6.45, 7) is 13.9. The number of methoxy groups -OCH3 is 1. The third-order valence-corrected chi connectivity index (χ3v) is 11.4. The van der Waals surface area contributed by atoms with E-state index >= 15 is 0 Å². The summed E-state index contributed by atoms with van der Waals surface area (Å²) in [5, 5.41) is 0. The summed E-state index contributed by atoms with van der Waals surface area (Å²) in [4.78, 5) is 26.0. The number of ether oxygens (including phenoxy) is 3. The van der Waals surface area contributed by atoms with Crippen LogP contribution < -0.4 is 0 Å². The lowest BCUT2D eigenvalue weighted by Crippen LogP contribution is -2.61. The van der Waals surface area contributed by atoms with Gasteiger partial charge in [-0.3, -0.25) is 4.79 Å². The van der Waals surface area contributed by atoms with Crippen molar-refractivity contribution in [3.05, 3.63) is 0 Å². The molecule has 9 unspecified atom stereocenters. The third kappa shape index (κ3) is 5.12. The average Bonchev–Trinajstić information content (AvgIpc) is 3.16. The van der Waals surface area contributed by atoms with Crippen LogP contribution in [0.2, 0.25) is 0 Å². The van der Waals surface area contributed by atoms with Crippen molar-refractivity contribution < 1.29 is 23.8 Å². The van der Waals surface area contributed by atoms with Crippen LogP contribution in [0, 0.1) is 46.3 Å². The van der Waals surface area contributed by atoms with Gasteiger partial charge in [0.25, 0.3) is 0 Å². The number of ketones is 1. The number of carbonyl (C=O) groups excluding carboxylic acids is 2. The first-order valence-electron chi connectivity index (χ1n) is 14.9. The molecule has 36 heavy (non-hydrogen) atoms. The summed E-state index contributed by atoms with van der Waals surface area (Å²) in [6, 6.07) is 0. The van der Waals surface area contributed by atoms with E-state index in [-0.39, 0.29) is 35.4 Å². The van der Waals surface area contributed by atoms with Gasteiger partial charge >= 0.3 is 6.16 Å². The van der Waals surface area contributed by atoms with E-state index in [1.807, 2.05) is 0 Å². The number of carbonyl (C=O) groups is 2. The van der Waals surface area contributed by atoms with Gasteiger partial charge in [0.15, 0.2) is 5.78 Å². The SMILES string of the molecule is COC(=O)OC1CCC2(C)C(C1)C(=O)C(C1C(C)CCC3(C)C(CCCCC(C)C)CCC13)O[C@@H]2C. The second-order valence-corrected chi connectivity index (χ2v) is 13.8. The zero-order valence-corrected chi connectivity index (χ0v) is 24.0. The Morgan fingerprint density at radius 3 is 2.47 bits per heavy atom. The number of rotatable bonds is 7. The van der Waals surface area contributed by atoms with Crippen LogP contribution in [0.25, 0.3) is 0 Å². The van der Waals surface area contributed by atoms with E-state index in [1.54, 1.807) is 0 Å². The molecule has 206 valence electrons. The number of fused-ring (bicyclic) bond motifs is 2. The van der Waals surface area contributed by atoms with Crippen molar-refractivity contribution in [3.63, 3.8) is 0 Å². The predicted molar refractivity (Wildman–Crippen MR) is 142 cm³/mol. The van der Waals surface area contributed by atoms with Gasteiger partial charge in [-0.2, -0.15) is 0 Å². The topological polar surface area (TPSA) is 61.8 Å². The highest BCUT2D eigenvalue weighted by molar-refractivity contribution is 5.87. The zero-order valence-electron chi connectivity index (χ0n) is 24.0. The average molecular weight is 505 g/mol. The van der Waals surface area contributed by atoms with Gasteiger partial charge in [-0.05, 0) is 93.3 Å². The minimum Gasteiger partial charge on any atom is -0.438 e. The molecule has 0 spiro atoms. The third-order valence-electron chi connectivity index (χ3n) is 11.4. The molecule has 3 aliphatic carbocycles. The molecular weight excluding hydrogens is 452 g/mol. The van der Waals surface area contributed by atoms with Gasteiger partial charge in [-0.1, -0.05) is 53.9 Å². The van der Waals surface area contributed by atoms with Crippen LogP contribution in [-0.2, 0) is 19.0 Å². The van der Waals surface area contributed by atoms with Crippen molar-refractivity contribution in [2.45, 2.75) is 130 Å². The van der Waals surface area contributed by atoms with Gasteiger partial charge in [0, 0.05) is 11.3 Å². The number of hydrogen-bond acceptors (Lipinski definition) is 5. The molecule has 4 aliphatic rings. The molecule has 5 nitrogen and oxygen atoms in total. The molecule has 5 heteroatoms. The van der Waals surface area contributed by atoms with Gasteiger partial charge < -0.3 is 14.2 Å². The van der Waals surface area contributed by atoms with Gasteiger partial charge in [-0.25, -0.2) is 4.79 Å². The summed E-state index contributed by atoms with van der Waals surface area (Å²) < 4.78 is 17.0. The monoisotopic (exact) mass is 504 g/mol. The molecule has 0 amide bonds. The fourth-order valence-corrected chi connectivity index (χ4v) is 8.86. The maximum atomic E-state index is 14.2. The summed E-state index contributed by atoms with van der Waals surface area (Å²) in [5.74, 6) is 3.07. The van der Waals surface area contributed by atoms with Gasteiger partial charge in [0.1, 0.15) is 12.2 Å². The summed E-state index contributed by atoms with van der Waals surface area (Å²) in [7, 11) is 1.34. The second kappa shape index (κ2) is 10.9. The molecular formula is C31H52O5. The number of Topliss-reactive ketones (excluding diaryl/α,β-unsaturated/α-hetero) is 1. The Morgan fingerprint density at radius 1 is 1.06 bits per heavy atom. The standard InChI is InChI=1S/C31H52O5/c1-19(2)10-8-9-11-22-12-13-24-26(20(3)14-16-31(22,24)6)28-27(32)25-18-23(36-29(33)34-7)15-17-30(25,5)21(4)35-28/h19-26,28H,8-18H2,1-7H3/t20?,21-,22?,23?,24?,25?,26?,28?,30?,31?/m1/s1. The van der Waals surface area contributed by atoms with Crippen LogP contribution in [0.4, 0.5) is 4.79 Å². The molecule has 0 aromatic heterocycles. The van der Waals surface area contributed by atoms with Crippen LogP contribution in [0.15, 0.2) is 0 Å². The Morgan fingerprint density at radius 2 is 1.78 bits per heavy atom. The maximum Gasteiger partial charge on any atom is 0.508 e. The number of unbranched alkanes of at least 4 members (excludes halogenated alkanes) is 1. The minimum atomic E-state index is -0.644. The van der Waals surface area contributed by atoms with E-state index in [0.29, 0.717) is 29.6 Å². The minimum absolute atomic E-state index is 0.0258. The summed E-state index contributed by atoms with van der Waals surface area (Å²) in [5.41, 5.74) is 0.130. The van der Waals surface area contributed by atoms with E-state index in [4.69, 9.17) is 14.2 Å². The van der Waals surface area contributed by atoms with Crippen molar-refractivity contribution >= 4 is 11.9 Å². The van der Waals surface area contributed by atoms with Crippen LogP contribution in [0.3, 0.4) is 0 Å². The van der Waals surface area contributed by atoms with Crippen LogP contribution in [-0.4, -0.2) is 37.4 Å².